The van der Waals surface area contributed by atoms with E-state index in [-0.39, 0.29) is 13.5 Å². The maximum atomic E-state index is 11.0. The van der Waals surface area contributed by atoms with Gasteiger partial charge in [0.15, 0.2) is 0 Å². The molecule has 0 aliphatic carbocycles. The standard InChI is InChI=1S/C8H15NO2.CH4/c1-3-7(4-2)9-5-6-11-8(9)10;/h7H,3-6H2,1-2H3;1H4. The third kappa shape index (κ3) is 2.13. The molecule has 0 N–H and O–H groups in total. The summed E-state index contributed by atoms with van der Waals surface area (Å²) in [6.07, 6.45) is 1.90. The van der Waals surface area contributed by atoms with Gasteiger partial charge in [0.25, 0.3) is 0 Å². The molecule has 1 rings (SSSR count). The van der Waals surface area contributed by atoms with Crippen LogP contribution in [0.5, 0.6) is 0 Å². The molecule has 1 saturated heterocycles. The summed E-state index contributed by atoms with van der Waals surface area (Å²) in [7, 11) is 0. The quantitative estimate of drug-likeness (QED) is 0.655. The topological polar surface area (TPSA) is 29.5 Å². The molecule has 0 radical (unpaired) electrons. The number of hydrogen-bond donors (Lipinski definition) is 0. The summed E-state index contributed by atoms with van der Waals surface area (Å²) in [5.41, 5.74) is 0. The SMILES string of the molecule is C.CCC(CC)N1CCOC1=O. The Morgan fingerprint density at radius 3 is 2.42 bits per heavy atom. The molecule has 0 aromatic rings. The Balaban J connectivity index is 0.00000121. The molecule has 3 heteroatoms. The maximum absolute atomic E-state index is 11.0. The third-order valence-corrected chi connectivity index (χ3v) is 2.18. The second-order valence-electron chi connectivity index (χ2n) is 2.78. The first-order chi connectivity index (χ1) is 5.29. The van der Waals surface area contributed by atoms with Gasteiger partial charge in [0.2, 0.25) is 0 Å². The molecule has 1 heterocycles. The smallest absolute Gasteiger partial charge is 0.410 e. The lowest BCUT2D eigenvalue weighted by molar-refractivity contribution is 0.146. The van der Waals surface area contributed by atoms with Gasteiger partial charge in [-0.3, -0.25) is 0 Å². The highest BCUT2D eigenvalue weighted by molar-refractivity contribution is 5.69. The van der Waals surface area contributed by atoms with Crippen molar-refractivity contribution in [2.45, 2.75) is 40.2 Å². The van der Waals surface area contributed by atoms with Crippen LogP contribution >= 0.6 is 0 Å². The van der Waals surface area contributed by atoms with E-state index in [1.807, 2.05) is 4.90 Å². The number of ether oxygens (including phenoxy) is 1. The van der Waals surface area contributed by atoms with Crippen LogP contribution in [0, 0.1) is 0 Å². The molecule has 3 nitrogen and oxygen atoms in total. The van der Waals surface area contributed by atoms with E-state index in [4.69, 9.17) is 4.74 Å². The minimum Gasteiger partial charge on any atom is -0.448 e. The van der Waals surface area contributed by atoms with Gasteiger partial charge < -0.3 is 9.64 Å². The van der Waals surface area contributed by atoms with Gasteiger partial charge in [-0.1, -0.05) is 21.3 Å². The average Bonchev–Trinajstić information content (AvgIpc) is 2.40. The van der Waals surface area contributed by atoms with Crippen molar-refractivity contribution in [2.24, 2.45) is 0 Å². The highest BCUT2D eigenvalue weighted by Crippen LogP contribution is 2.13. The minimum atomic E-state index is -0.140. The van der Waals surface area contributed by atoms with Crippen LogP contribution in [0.2, 0.25) is 0 Å². The zero-order valence-electron chi connectivity index (χ0n) is 7.17. The molecule has 0 spiro atoms. The number of hydrogen-bond acceptors (Lipinski definition) is 2. The van der Waals surface area contributed by atoms with E-state index in [1.165, 1.54) is 0 Å². The lowest BCUT2D eigenvalue weighted by atomic mass is 10.1. The van der Waals surface area contributed by atoms with E-state index in [1.54, 1.807) is 0 Å². The van der Waals surface area contributed by atoms with E-state index < -0.39 is 0 Å². The highest BCUT2D eigenvalue weighted by Gasteiger charge is 2.26. The average molecular weight is 173 g/mol. The molecular formula is C9H19NO2. The van der Waals surface area contributed by atoms with Crippen LogP contribution in [0.15, 0.2) is 0 Å². The number of amides is 1. The zero-order chi connectivity index (χ0) is 8.27. The van der Waals surface area contributed by atoms with Gasteiger partial charge in [0.05, 0.1) is 6.54 Å². The number of nitrogens with zero attached hydrogens (tertiary/aromatic N) is 1. The van der Waals surface area contributed by atoms with Crippen molar-refractivity contribution < 1.29 is 9.53 Å². The summed E-state index contributed by atoms with van der Waals surface area (Å²) in [6.45, 7) is 5.53. The van der Waals surface area contributed by atoms with Crippen LogP contribution in [-0.4, -0.2) is 30.2 Å². The number of carbonyl (C=O) groups excluding carboxylic acids is 1. The fraction of sp³-hybridized carbons (Fsp3) is 0.889. The molecular weight excluding hydrogens is 154 g/mol. The molecule has 1 aliphatic heterocycles. The molecule has 0 atom stereocenters. The van der Waals surface area contributed by atoms with Crippen molar-refractivity contribution in [2.75, 3.05) is 13.2 Å². The summed E-state index contributed by atoms with van der Waals surface area (Å²) in [6, 6.07) is 0.380. The summed E-state index contributed by atoms with van der Waals surface area (Å²) in [5, 5.41) is 0. The molecule has 0 unspecified atom stereocenters. The molecule has 0 aromatic heterocycles. The zero-order valence-corrected chi connectivity index (χ0v) is 7.17. The number of cyclic esters (lactones) is 1. The van der Waals surface area contributed by atoms with Gasteiger partial charge in [-0.2, -0.15) is 0 Å². The lowest BCUT2D eigenvalue weighted by Crippen LogP contribution is -2.34. The first-order valence-corrected chi connectivity index (χ1v) is 4.23. The van der Waals surface area contributed by atoms with E-state index in [2.05, 4.69) is 13.8 Å². The molecule has 1 fully saturated rings. The van der Waals surface area contributed by atoms with E-state index in [0.717, 1.165) is 19.4 Å². The van der Waals surface area contributed by atoms with Crippen molar-refractivity contribution in [3.63, 3.8) is 0 Å². The number of carbonyl (C=O) groups is 1. The van der Waals surface area contributed by atoms with Crippen molar-refractivity contribution in [3.8, 4) is 0 Å². The van der Waals surface area contributed by atoms with Crippen LogP contribution < -0.4 is 0 Å². The first kappa shape index (κ1) is 11.3. The maximum Gasteiger partial charge on any atom is 0.410 e. The molecule has 0 bridgehead atoms. The molecule has 0 aromatic carbocycles. The Morgan fingerprint density at radius 2 is 2.08 bits per heavy atom. The minimum absolute atomic E-state index is 0. The molecule has 72 valence electrons. The van der Waals surface area contributed by atoms with Crippen LogP contribution in [0.4, 0.5) is 4.79 Å². The summed E-state index contributed by atoms with van der Waals surface area (Å²) in [5.74, 6) is 0. The van der Waals surface area contributed by atoms with Gasteiger partial charge in [-0.15, -0.1) is 0 Å². The predicted octanol–water partition coefficient (Wildman–Crippen LogP) is 2.26. The Hall–Kier alpha value is -0.730. The molecule has 0 saturated carbocycles. The first-order valence-electron chi connectivity index (χ1n) is 4.23. The van der Waals surface area contributed by atoms with Gasteiger partial charge in [-0.05, 0) is 12.8 Å². The normalized spacial score (nSPS) is 16.2. The van der Waals surface area contributed by atoms with E-state index in [0.29, 0.717) is 12.6 Å². The summed E-state index contributed by atoms with van der Waals surface area (Å²) in [4.78, 5) is 12.9. The van der Waals surface area contributed by atoms with E-state index in [9.17, 15) is 4.79 Å². The van der Waals surface area contributed by atoms with Crippen LogP contribution in [0.3, 0.4) is 0 Å². The fourth-order valence-corrected chi connectivity index (χ4v) is 1.47. The van der Waals surface area contributed by atoms with Crippen molar-refractivity contribution in [1.82, 2.24) is 4.90 Å². The second-order valence-corrected chi connectivity index (χ2v) is 2.78. The fourth-order valence-electron chi connectivity index (χ4n) is 1.47. The van der Waals surface area contributed by atoms with Gasteiger partial charge in [0, 0.05) is 6.04 Å². The lowest BCUT2D eigenvalue weighted by Gasteiger charge is -2.22. The molecule has 1 aliphatic rings. The Kier molecular flexibility index (Phi) is 4.71. The molecule has 12 heavy (non-hydrogen) atoms. The summed E-state index contributed by atoms with van der Waals surface area (Å²) < 4.78 is 4.84. The largest absolute Gasteiger partial charge is 0.448 e. The molecule has 1 amide bonds. The van der Waals surface area contributed by atoms with Gasteiger partial charge >= 0.3 is 6.09 Å². The van der Waals surface area contributed by atoms with Crippen molar-refractivity contribution in [3.05, 3.63) is 0 Å². The van der Waals surface area contributed by atoms with E-state index >= 15 is 0 Å². The van der Waals surface area contributed by atoms with Crippen LogP contribution in [0.1, 0.15) is 34.1 Å². The van der Waals surface area contributed by atoms with Crippen molar-refractivity contribution in [1.29, 1.82) is 0 Å². The van der Waals surface area contributed by atoms with Gasteiger partial charge in [0.1, 0.15) is 6.61 Å². The Labute approximate surface area is 74.7 Å². The monoisotopic (exact) mass is 173 g/mol. The Bertz CT molecular complexity index is 143. The highest BCUT2D eigenvalue weighted by atomic mass is 16.6. The van der Waals surface area contributed by atoms with Crippen molar-refractivity contribution >= 4 is 6.09 Å². The second kappa shape index (κ2) is 5.01. The van der Waals surface area contributed by atoms with Crippen LogP contribution in [0.25, 0.3) is 0 Å². The Morgan fingerprint density at radius 1 is 1.50 bits per heavy atom. The summed E-state index contributed by atoms with van der Waals surface area (Å²) >= 11 is 0. The third-order valence-electron chi connectivity index (χ3n) is 2.18. The predicted molar refractivity (Wildman–Crippen MR) is 49.2 cm³/mol. The van der Waals surface area contributed by atoms with Gasteiger partial charge in [-0.25, -0.2) is 4.79 Å². The number of rotatable bonds is 3. The van der Waals surface area contributed by atoms with Crippen LogP contribution in [-0.2, 0) is 4.74 Å².